The number of aryl methyl sites for hydroxylation is 1. The first-order valence-corrected chi connectivity index (χ1v) is 8.70. The van der Waals surface area contributed by atoms with Crippen LogP contribution in [-0.4, -0.2) is 8.42 Å². The molecule has 106 valence electrons. The standard InChI is InChI=1S/C13H12Br2N2O2S/c1-8-6-11(14)13(12(15)7-8)17-20(18,19)10-4-2-9(16)3-5-10/h2-7,17H,16H2,1H3. The van der Waals surface area contributed by atoms with E-state index in [4.69, 9.17) is 5.73 Å². The Morgan fingerprint density at radius 2 is 1.55 bits per heavy atom. The molecule has 3 N–H and O–H groups in total. The molecule has 0 aliphatic carbocycles. The van der Waals surface area contributed by atoms with E-state index in [2.05, 4.69) is 36.6 Å². The number of benzene rings is 2. The topological polar surface area (TPSA) is 72.2 Å². The molecule has 0 spiro atoms. The molecule has 0 radical (unpaired) electrons. The lowest BCUT2D eigenvalue weighted by atomic mass is 10.2. The van der Waals surface area contributed by atoms with Gasteiger partial charge in [0.15, 0.2) is 0 Å². The zero-order chi connectivity index (χ0) is 14.9. The van der Waals surface area contributed by atoms with E-state index >= 15 is 0 Å². The van der Waals surface area contributed by atoms with E-state index in [1.165, 1.54) is 12.1 Å². The Morgan fingerprint density at radius 3 is 2.05 bits per heavy atom. The summed E-state index contributed by atoms with van der Waals surface area (Å²) in [4.78, 5) is 0.158. The Balaban J connectivity index is 2.41. The second kappa shape index (κ2) is 5.75. The molecular weight excluding hydrogens is 408 g/mol. The number of hydrogen-bond donors (Lipinski definition) is 2. The van der Waals surface area contributed by atoms with E-state index in [1.54, 1.807) is 12.1 Å². The highest BCUT2D eigenvalue weighted by molar-refractivity contribution is 9.11. The molecule has 0 heterocycles. The van der Waals surface area contributed by atoms with Crippen molar-refractivity contribution in [1.82, 2.24) is 0 Å². The van der Waals surface area contributed by atoms with Crippen molar-refractivity contribution in [3.63, 3.8) is 0 Å². The van der Waals surface area contributed by atoms with Crippen LogP contribution in [0.5, 0.6) is 0 Å². The minimum absolute atomic E-state index is 0.158. The van der Waals surface area contributed by atoms with Crippen LogP contribution >= 0.6 is 31.9 Å². The van der Waals surface area contributed by atoms with Gasteiger partial charge in [-0.3, -0.25) is 4.72 Å². The zero-order valence-corrected chi connectivity index (χ0v) is 14.5. The van der Waals surface area contributed by atoms with Crippen LogP contribution in [-0.2, 0) is 10.0 Å². The summed E-state index contributed by atoms with van der Waals surface area (Å²) in [5.41, 5.74) is 7.55. The Kier molecular flexibility index (Phi) is 4.41. The van der Waals surface area contributed by atoms with Crippen LogP contribution in [0.25, 0.3) is 0 Å². The number of rotatable bonds is 3. The Bertz CT molecular complexity index is 720. The maximum Gasteiger partial charge on any atom is 0.261 e. The molecule has 0 bridgehead atoms. The van der Waals surface area contributed by atoms with E-state index in [9.17, 15) is 8.42 Å². The molecule has 0 saturated carbocycles. The third-order valence-corrected chi connectivity index (χ3v) is 5.23. The van der Waals surface area contributed by atoms with Gasteiger partial charge in [-0.05, 0) is 80.7 Å². The molecule has 20 heavy (non-hydrogen) atoms. The second-order valence-corrected chi connectivity index (χ2v) is 7.67. The maximum absolute atomic E-state index is 12.3. The van der Waals surface area contributed by atoms with Crippen LogP contribution in [0.15, 0.2) is 50.2 Å². The smallest absolute Gasteiger partial charge is 0.261 e. The van der Waals surface area contributed by atoms with Crippen molar-refractivity contribution in [3.8, 4) is 0 Å². The lowest BCUT2D eigenvalue weighted by Crippen LogP contribution is -2.13. The van der Waals surface area contributed by atoms with Crippen molar-refractivity contribution in [3.05, 3.63) is 50.9 Å². The molecule has 7 heteroatoms. The summed E-state index contributed by atoms with van der Waals surface area (Å²) in [5.74, 6) is 0. The van der Waals surface area contributed by atoms with E-state index in [1.807, 2.05) is 19.1 Å². The van der Waals surface area contributed by atoms with Gasteiger partial charge in [-0.15, -0.1) is 0 Å². The highest BCUT2D eigenvalue weighted by atomic mass is 79.9. The maximum atomic E-state index is 12.3. The lowest BCUT2D eigenvalue weighted by molar-refractivity contribution is 0.601. The van der Waals surface area contributed by atoms with E-state index in [0.717, 1.165) is 5.56 Å². The van der Waals surface area contributed by atoms with Crippen molar-refractivity contribution in [1.29, 1.82) is 0 Å². The van der Waals surface area contributed by atoms with Crippen LogP contribution in [0.2, 0.25) is 0 Å². The van der Waals surface area contributed by atoms with Crippen LogP contribution in [0.4, 0.5) is 11.4 Å². The molecule has 4 nitrogen and oxygen atoms in total. The zero-order valence-electron chi connectivity index (χ0n) is 10.5. The van der Waals surface area contributed by atoms with Crippen LogP contribution in [0.3, 0.4) is 0 Å². The van der Waals surface area contributed by atoms with Gasteiger partial charge in [-0.2, -0.15) is 0 Å². The normalized spacial score (nSPS) is 11.3. The fourth-order valence-corrected chi connectivity index (χ4v) is 4.61. The summed E-state index contributed by atoms with van der Waals surface area (Å²) < 4.78 is 28.5. The van der Waals surface area contributed by atoms with Crippen molar-refractivity contribution in [2.24, 2.45) is 0 Å². The predicted octanol–water partition coefficient (Wildman–Crippen LogP) is 3.90. The SMILES string of the molecule is Cc1cc(Br)c(NS(=O)(=O)c2ccc(N)cc2)c(Br)c1. The molecule has 0 fully saturated rings. The molecule has 2 rings (SSSR count). The fourth-order valence-electron chi connectivity index (χ4n) is 1.64. The summed E-state index contributed by atoms with van der Waals surface area (Å²) in [6.07, 6.45) is 0. The molecule has 0 unspecified atom stereocenters. The average molecular weight is 420 g/mol. The van der Waals surface area contributed by atoms with Crippen LogP contribution in [0, 0.1) is 6.92 Å². The number of hydrogen-bond acceptors (Lipinski definition) is 3. The molecule has 0 saturated heterocycles. The highest BCUT2D eigenvalue weighted by Crippen LogP contribution is 2.34. The van der Waals surface area contributed by atoms with Gasteiger partial charge in [-0.1, -0.05) is 0 Å². The quantitative estimate of drug-likeness (QED) is 0.741. The first-order chi connectivity index (χ1) is 9.29. The number of nitrogen functional groups attached to an aromatic ring is 1. The molecule has 0 atom stereocenters. The van der Waals surface area contributed by atoms with Gasteiger partial charge in [-0.25, -0.2) is 8.42 Å². The summed E-state index contributed by atoms with van der Waals surface area (Å²) in [7, 11) is -3.65. The monoisotopic (exact) mass is 418 g/mol. The van der Waals surface area contributed by atoms with E-state index in [0.29, 0.717) is 20.3 Å². The molecular formula is C13H12Br2N2O2S. The Morgan fingerprint density at radius 1 is 1.05 bits per heavy atom. The molecule has 0 aromatic heterocycles. The summed E-state index contributed by atoms with van der Waals surface area (Å²) in [5, 5.41) is 0. The van der Waals surface area contributed by atoms with Gasteiger partial charge in [0, 0.05) is 14.6 Å². The molecule has 0 aliphatic rings. The Labute approximate surface area is 134 Å². The van der Waals surface area contributed by atoms with Gasteiger partial charge in [0.2, 0.25) is 0 Å². The minimum atomic E-state index is -3.65. The average Bonchev–Trinajstić information content (AvgIpc) is 2.34. The third-order valence-electron chi connectivity index (χ3n) is 2.61. The van der Waals surface area contributed by atoms with Crippen molar-refractivity contribution in [2.75, 3.05) is 10.5 Å². The number of sulfonamides is 1. The van der Waals surface area contributed by atoms with E-state index < -0.39 is 10.0 Å². The van der Waals surface area contributed by atoms with Gasteiger partial charge >= 0.3 is 0 Å². The first-order valence-electron chi connectivity index (χ1n) is 5.63. The largest absolute Gasteiger partial charge is 0.399 e. The molecule has 0 amide bonds. The molecule has 0 aliphatic heterocycles. The summed E-state index contributed by atoms with van der Waals surface area (Å²) >= 11 is 6.72. The predicted molar refractivity (Wildman–Crippen MR) is 88.2 cm³/mol. The van der Waals surface area contributed by atoms with Gasteiger partial charge in [0.05, 0.1) is 10.6 Å². The number of nitrogens with one attached hydrogen (secondary N) is 1. The summed E-state index contributed by atoms with van der Waals surface area (Å²) in [6.45, 7) is 1.92. The molecule has 2 aromatic rings. The van der Waals surface area contributed by atoms with Gasteiger partial charge < -0.3 is 5.73 Å². The fraction of sp³-hybridized carbons (Fsp3) is 0.0769. The van der Waals surface area contributed by atoms with Crippen molar-refractivity contribution >= 4 is 53.3 Å². The Hall–Kier alpha value is -1.05. The number of halogens is 2. The van der Waals surface area contributed by atoms with Crippen molar-refractivity contribution < 1.29 is 8.42 Å². The minimum Gasteiger partial charge on any atom is -0.399 e. The van der Waals surface area contributed by atoms with E-state index in [-0.39, 0.29) is 4.90 Å². The van der Waals surface area contributed by atoms with Gasteiger partial charge in [0.25, 0.3) is 10.0 Å². The number of nitrogens with two attached hydrogens (primary N) is 1. The van der Waals surface area contributed by atoms with Crippen LogP contribution in [0.1, 0.15) is 5.56 Å². The number of anilines is 2. The van der Waals surface area contributed by atoms with Crippen LogP contribution < -0.4 is 10.5 Å². The third kappa shape index (κ3) is 3.34. The van der Waals surface area contributed by atoms with Gasteiger partial charge in [0.1, 0.15) is 0 Å². The first kappa shape index (κ1) is 15.3. The summed E-state index contributed by atoms with van der Waals surface area (Å²) in [6, 6.07) is 9.71. The highest BCUT2D eigenvalue weighted by Gasteiger charge is 2.17. The van der Waals surface area contributed by atoms with Crippen molar-refractivity contribution in [2.45, 2.75) is 11.8 Å². The second-order valence-electron chi connectivity index (χ2n) is 4.28. The molecule has 2 aromatic carbocycles. The lowest BCUT2D eigenvalue weighted by Gasteiger charge is -2.12.